The van der Waals surface area contributed by atoms with Crippen LogP contribution in [-0.2, 0) is 0 Å². The summed E-state index contributed by atoms with van der Waals surface area (Å²) in [6.45, 7) is 1.39. The maximum atomic E-state index is 13.8. The highest BCUT2D eigenvalue weighted by Crippen LogP contribution is 2.41. The Morgan fingerprint density at radius 2 is 2.29 bits per heavy atom. The van der Waals surface area contributed by atoms with Gasteiger partial charge >= 0.3 is 0 Å². The minimum atomic E-state index is -0.415. The smallest absolute Gasteiger partial charge is 0.141 e. The normalized spacial score (nSPS) is 25.4. The number of nitrogens with zero attached hydrogens (tertiary/aromatic N) is 1. The summed E-state index contributed by atoms with van der Waals surface area (Å²) in [5.74, 6) is -0.231. The molecule has 5 heteroatoms. The van der Waals surface area contributed by atoms with Crippen LogP contribution in [0.4, 0.5) is 4.39 Å². The van der Waals surface area contributed by atoms with Crippen LogP contribution >= 0.6 is 11.6 Å². The van der Waals surface area contributed by atoms with Gasteiger partial charge in [0.15, 0.2) is 0 Å². The maximum Gasteiger partial charge on any atom is 0.141 e. The average Bonchev–Trinajstić information content (AvgIpc) is 2.66. The molecule has 1 heterocycles. The lowest BCUT2D eigenvalue weighted by atomic mass is 9.98. The molecular weight excluding hydrogens is 243 g/mol. The van der Waals surface area contributed by atoms with Gasteiger partial charge < -0.3 is 10.8 Å². The first-order valence-corrected chi connectivity index (χ1v) is 5.99. The molecule has 1 fully saturated rings. The Hall–Kier alpha value is -0.840. The fourth-order valence-electron chi connectivity index (χ4n) is 2.49. The van der Waals surface area contributed by atoms with Crippen LogP contribution in [-0.4, -0.2) is 30.1 Å². The standard InChI is InChI=1S/C12H16ClFN2O/c1-16-6-7(5-15)4-10(16)11-9(14)3-2-8(13)12(11)17/h2-3,7,10,17H,4-6,15H2,1H3. The molecule has 1 aliphatic heterocycles. The molecule has 3 nitrogen and oxygen atoms in total. The fraction of sp³-hybridized carbons (Fsp3) is 0.500. The Morgan fingerprint density at radius 3 is 2.88 bits per heavy atom. The third-order valence-corrected chi connectivity index (χ3v) is 3.72. The van der Waals surface area contributed by atoms with Gasteiger partial charge in [-0.1, -0.05) is 11.6 Å². The average molecular weight is 259 g/mol. The van der Waals surface area contributed by atoms with Gasteiger partial charge in [-0.2, -0.15) is 0 Å². The molecule has 0 aliphatic carbocycles. The molecule has 2 unspecified atom stereocenters. The Bertz CT molecular complexity index is 427. The molecule has 0 radical (unpaired) electrons. The number of likely N-dealkylation sites (tertiary alicyclic amines) is 1. The summed E-state index contributed by atoms with van der Waals surface area (Å²) in [6, 6.07) is 2.51. The Labute approximate surface area is 105 Å². The Kier molecular flexibility index (Phi) is 3.56. The second-order valence-corrected chi connectivity index (χ2v) is 4.99. The van der Waals surface area contributed by atoms with E-state index in [4.69, 9.17) is 17.3 Å². The van der Waals surface area contributed by atoms with Crippen molar-refractivity contribution in [2.45, 2.75) is 12.5 Å². The molecule has 0 saturated carbocycles. The van der Waals surface area contributed by atoms with Gasteiger partial charge in [0.25, 0.3) is 0 Å². The van der Waals surface area contributed by atoms with E-state index in [1.165, 1.54) is 12.1 Å². The summed E-state index contributed by atoms with van der Waals surface area (Å²) >= 11 is 5.82. The maximum absolute atomic E-state index is 13.8. The summed E-state index contributed by atoms with van der Waals surface area (Å²) in [7, 11) is 1.90. The van der Waals surface area contributed by atoms with E-state index in [0.717, 1.165) is 13.0 Å². The number of halogens is 2. The summed E-state index contributed by atoms with van der Waals surface area (Å²) in [5, 5.41) is 10.1. The molecule has 1 aromatic carbocycles. The summed E-state index contributed by atoms with van der Waals surface area (Å²) in [6.07, 6.45) is 0.748. The minimum absolute atomic E-state index is 0.151. The number of phenolic OH excluding ortho intramolecular Hbond substituents is 1. The van der Waals surface area contributed by atoms with Crippen LogP contribution in [0.15, 0.2) is 12.1 Å². The molecule has 2 atom stereocenters. The van der Waals surface area contributed by atoms with Gasteiger partial charge in [0.2, 0.25) is 0 Å². The van der Waals surface area contributed by atoms with E-state index in [1.807, 2.05) is 11.9 Å². The van der Waals surface area contributed by atoms with Crippen molar-refractivity contribution in [3.63, 3.8) is 0 Å². The lowest BCUT2D eigenvalue weighted by molar-refractivity contribution is 0.298. The Balaban J connectivity index is 2.37. The van der Waals surface area contributed by atoms with E-state index in [9.17, 15) is 9.50 Å². The highest BCUT2D eigenvalue weighted by molar-refractivity contribution is 6.32. The first-order valence-electron chi connectivity index (χ1n) is 5.61. The first kappa shape index (κ1) is 12.6. The summed E-state index contributed by atoms with van der Waals surface area (Å²) < 4.78 is 13.8. The molecule has 0 bridgehead atoms. The van der Waals surface area contributed by atoms with E-state index < -0.39 is 5.82 Å². The predicted molar refractivity (Wildman–Crippen MR) is 65.6 cm³/mol. The van der Waals surface area contributed by atoms with Crippen LogP contribution in [0, 0.1) is 11.7 Å². The Morgan fingerprint density at radius 1 is 1.59 bits per heavy atom. The van der Waals surface area contributed by atoms with Gasteiger partial charge in [0.1, 0.15) is 11.6 Å². The number of aromatic hydroxyl groups is 1. The second kappa shape index (κ2) is 4.80. The second-order valence-electron chi connectivity index (χ2n) is 4.58. The van der Waals surface area contributed by atoms with Crippen LogP contribution < -0.4 is 5.73 Å². The van der Waals surface area contributed by atoms with E-state index in [0.29, 0.717) is 12.5 Å². The molecule has 94 valence electrons. The van der Waals surface area contributed by atoms with Crippen LogP contribution in [0.5, 0.6) is 5.75 Å². The molecule has 1 aliphatic rings. The summed E-state index contributed by atoms with van der Waals surface area (Å²) in [5.41, 5.74) is 5.92. The molecule has 1 saturated heterocycles. The molecule has 3 N–H and O–H groups in total. The van der Waals surface area contributed by atoms with Crippen molar-refractivity contribution >= 4 is 11.6 Å². The van der Waals surface area contributed by atoms with E-state index in [-0.39, 0.29) is 22.4 Å². The number of phenols is 1. The zero-order valence-corrected chi connectivity index (χ0v) is 10.4. The van der Waals surface area contributed by atoms with E-state index >= 15 is 0 Å². The van der Waals surface area contributed by atoms with E-state index in [1.54, 1.807) is 0 Å². The third-order valence-electron chi connectivity index (χ3n) is 3.42. The minimum Gasteiger partial charge on any atom is -0.506 e. The van der Waals surface area contributed by atoms with Crippen molar-refractivity contribution in [1.29, 1.82) is 0 Å². The fourth-order valence-corrected chi connectivity index (χ4v) is 2.65. The number of hydrogen-bond donors (Lipinski definition) is 2. The highest BCUT2D eigenvalue weighted by Gasteiger charge is 2.33. The highest BCUT2D eigenvalue weighted by atomic mass is 35.5. The van der Waals surface area contributed by atoms with Gasteiger partial charge in [-0.15, -0.1) is 0 Å². The monoisotopic (exact) mass is 258 g/mol. The van der Waals surface area contributed by atoms with Crippen LogP contribution in [0.3, 0.4) is 0 Å². The van der Waals surface area contributed by atoms with Crippen molar-refractivity contribution in [3.05, 3.63) is 28.5 Å². The van der Waals surface area contributed by atoms with Crippen LogP contribution in [0.1, 0.15) is 18.0 Å². The van der Waals surface area contributed by atoms with Crippen LogP contribution in [0.25, 0.3) is 0 Å². The molecule has 17 heavy (non-hydrogen) atoms. The molecule has 0 amide bonds. The molecule has 2 rings (SSSR count). The summed E-state index contributed by atoms with van der Waals surface area (Å²) in [4.78, 5) is 2.01. The predicted octanol–water partition coefficient (Wildman–Crippen LogP) is 2.14. The van der Waals surface area contributed by atoms with Gasteiger partial charge in [-0.25, -0.2) is 4.39 Å². The van der Waals surface area contributed by atoms with Gasteiger partial charge in [-0.3, -0.25) is 4.90 Å². The molecule has 1 aromatic rings. The zero-order valence-electron chi connectivity index (χ0n) is 9.66. The van der Waals surface area contributed by atoms with Gasteiger partial charge in [0.05, 0.1) is 5.02 Å². The van der Waals surface area contributed by atoms with E-state index in [2.05, 4.69) is 0 Å². The first-order chi connectivity index (χ1) is 8.04. The molecular formula is C12H16ClFN2O. The van der Waals surface area contributed by atoms with Crippen molar-refractivity contribution in [1.82, 2.24) is 4.90 Å². The van der Waals surface area contributed by atoms with Gasteiger partial charge in [-0.05, 0) is 38.1 Å². The lowest BCUT2D eigenvalue weighted by Gasteiger charge is -2.21. The van der Waals surface area contributed by atoms with Crippen molar-refractivity contribution in [3.8, 4) is 5.75 Å². The zero-order chi connectivity index (χ0) is 12.6. The number of rotatable bonds is 2. The SMILES string of the molecule is CN1CC(CN)CC1c1c(F)ccc(Cl)c1O. The van der Waals surface area contributed by atoms with Crippen molar-refractivity contribution in [2.75, 3.05) is 20.1 Å². The number of hydrogen-bond acceptors (Lipinski definition) is 3. The van der Waals surface area contributed by atoms with Crippen molar-refractivity contribution in [2.24, 2.45) is 11.7 Å². The van der Waals surface area contributed by atoms with Gasteiger partial charge in [0, 0.05) is 18.2 Å². The third kappa shape index (κ3) is 2.25. The lowest BCUT2D eigenvalue weighted by Crippen LogP contribution is -2.21. The molecule has 0 spiro atoms. The number of benzene rings is 1. The van der Waals surface area contributed by atoms with Crippen LogP contribution in [0.2, 0.25) is 5.02 Å². The largest absolute Gasteiger partial charge is 0.506 e. The quantitative estimate of drug-likeness (QED) is 0.855. The molecule has 0 aromatic heterocycles. The number of nitrogens with two attached hydrogens (primary N) is 1. The topological polar surface area (TPSA) is 49.5 Å². The van der Waals surface area contributed by atoms with Crippen molar-refractivity contribution < 1.29 is 9.50 Å².